The van der Waals surface area contributed by atoms with E-state index in [9.17, 15) is 4.79 Å². The topological polar surface area (TPSA) is 46.5 Å². The van der Waals surface area contributed by atoms with Gasteiger partial charge in [-0.05, 0) is 52.3 Å². The number of aliphatic hydroxyl groups excluding tert-OH is 1. The molecule has 0 saturated carbocycles. The Morgan fingerprint density at radius 3 is 3.06 bits per heavy atom. The van der Waals surface area contributed by atoms with E-state index in [0.29, 0.717) is 5.57 Å². The summed E-state index contributed by atoms with van der Waals surface area (Å²) < 4.78 is 6.43. The Bertz CT molecular complexity index is 507. The summed E-state index contributed by atoms with van der Waals surface area (Å²) in [6, 6.07) is 6.16. The van der Waals surface area contributed by atoms with Gasteiger partial charge >= 0.3 is 5.97 Å². The van der Waals surface area contributed by atoms with Crippen molar-refractivity contribution in [3.05, 3.63) is 44.7 Å². The van der Waals surface area contributed by atoms with E-state index in [1.165, 1.54) is 5.56 Å². The highest BCUT2D eigenvalue weighted by Gasteiger charge is 2.46. The zero-order valence-electron chi connectivity index (χ0n) is 8.31. The third-order valence-corrected chi connectivity index (χ3v) is 3.90. The van der Waals surface area contributed by atoms with Crippen LogP contribution in [-0.2, 0) is 16.0 Å². The highest BCUT2D eigenvalue weighted by molar-refractivity contribution is 14.1. The molecule has 1 fully saturated rings. The average Bonchev–Trinajstić information content (AvgIpc) is 2.73. The number of aliphatic hydroxyl groups is 1. The number of fused-ring (bicyclic) bond motifs is 3. The summed E-state index contributed by atoms with van der Waals surface area (Å²) in [6.45, 7) is 0. The maximum absolute atomic E-state index is 11.5. The molecular formula is C12H9IO3. The molecule has 3 rings (SSSR count). The number of ether oxygens (including phenoxy) is 1. The minimum Gasteiger partial charge on any atom is -0.515 e. The lowest BCUT2D eigenvalue weighted by Crippen LogP contribution is -2.03. The van der Waals surface area contributed by atoms with Crippen molar-refractivity contribution in [3.8, 4) is 0 Å². The van der Waals surface area contributed by atoms with Gasteiger partial charge in [-0.3, -0.25) is 0 Å². The van der Waals surface area contributed by atoms with Gasteiger partial charge in [0.1, 0.15) is 6.10 Å². The second kappa shape index (κ2) is 3.48. The highest BCUT2D eigenvalue weighted by atomic mass is 127. The van der Waals surface area contributed by atoms with E-state index in [4.69, 9.17) is 9.84 Å². The Morgan fingerprint density at radius 1 is 1.50 bits per heavy atom. The third kappa shape index (κ3) is 1.29. The molecule has 1 aromatic rings. The molecule has 1 aliphatic heterocycles. The Hall–Kier alpha value is -1.04. The van der Waals surface area contributed by atoms with Crippen LogP contribution in [0.15, 0.2) is 30.0 Å². The number of carbonyl (C=O) groups is 1. The van der Waals surface area contributed by atoms with Crippen LogP contribution in [0.3, 0.4) is 0 Å². The molecule has 1 N–H and O–H groups in total. The third-order valence-electron chi connectivity index (χ3n) is 3.23. The van der Waals surface area contributed by atoms with Gasteiger partial charge in [-0.2, -0.15) is 0 Å². The minimum absolute atomic E-state index is 0.00861. The van der Waals surface area contributed by atoms with Gasteiger partial charge in [-0.25, -0.2) is 4.79 Å². The molecule has 16 heavy (non-hydrogen) atoms. The van der Waals surface area contributed by atoms with Crippen molar-refractivity contribution in [3.63, 3.8) is 0 Å². The zero-order valence-corrected chi connectivity index (χ0v) is 10.5. The highest BCUT2D eigenvalue weighted by Crippen LogP contribution is 2.47. The van der Waals surface area contributed by atoms with Crippen LogP contribution >= 0.6 is 22.6 Å². The molecule has 2 atom stereocenters. The van der Waals surface area contributed by atoms with Crippen LogP contribution in [0.25, 0.3) is 0 Å². The number of hydrogen-bond acceptors (Lipinski definition) is 3. The summed E-state index contributed by atoms with van der Waals surface area (Å²) in [5.41, 5.74) is 2.69. The van der Waals surface area contributed by atoms with Gasteiger partial charge < -0.3 is 9.84 Å². The lowest BCUT2D eigenvalue weighted by atomic mass is 9.98. The van der Waals surface area contributed by atoms with Gasteiger partial charge in [0.05, 0.1) is 11.8 Å². The molecule has 1 heterocycles. The predicted molar refractivity (Wildman–Crippen MR) is 65.9 cm³/mol. The Morgan fingerprint density at radius 2 is 2.31 bits per heavy atom. The van der Waals surface area contributed by atoms with Crippen LogP contribution in [-0.4, -0.2) is 11.1 Å². The maximum Gasteiger partial charge on any atom is 0.338 e. The maximum atomic E-state index is 11.5. The Kier molecular flexibility index (Phi) is 2.20. The summed E-state index contributed by atoms with van der Waals surface area (Å²) in [5.74, 6) is -0.396. The van der Waals surface area contributed by atoms with Crippen molar-refractivity contribution in [1.29, 1.82) is 0 Å². The lowest BCUT2D eigenvalue weighted by Gasteiger charge is -2.08. The Balaban J connectivity index is 2.08. The molecule has 3 nitrogen and oxygen atoms in total. The van der Waals surface area contributed by atoms with Gasteiger partial charge in [0.15, 0.2) is 0 Å². The van der Waals surface area contributed by atoms with Crippen LogP contribution in [0.4, 0.5) is 0 Å². The van der Waals surface area contributed by atoms with Crippen LogP contribution in [0, 0.1) is 9.49 Å². The summed E-state index contributed by atoms with van der Waals surface area (Å²) >= 11 is 2.24. The molecule has 2 aliphatic rings. The number of carbonyl (C=O) groups excluding carboxylic acids is 1. The fourth-order valence-corrected chi connectivity index (χ4v) is 2.99. The number of esters is 1. The molecule has 1 aromatic carbocycles. The molecule has 1 saturated heterocycles. The van der Waals surface area contributed by atoms with Crippen molar-refractivity contribution in [2.24, 2.45) is 5.92 Å². The zero-order chi connectivity index (χ0) is 11.3. The molecule has 0 spiro atoms. The summed E-state index contributed by atoms with van der Waals surface area (Å²) in [7, 11) is 0. The van der Waals surface area contributed by atoms with E-state index < -0.39 is 0 Å². The fourth-order valence-electron chi connectivity index (χ4n) is 2.48. The van der Waals surface area contributed by atoms with E-state index in [-0.39, 0.29) is 18.0 Å². The van der Waals surface area contributed by atoms with E-state index in [2.05, 4.69) is 28.7 Å². The minimum atomic E-state index is -0.387. The first-order valence-electron chi connectivity index (χ1n) is 5.04. The SMILES string of the molecule is O=C1OC2c3cc(I)ccc3CC2/C1=C\O. The van der Waals surface area contributed by atoms with Crippen LogP contribution in [0.2, 0.25) is 0 Å². The number of rotatable bonds is 0. The molecule has 82 valence electrons. The molecular weight excluding hydrogens is 319 g/mol. The van der Waals surface area contributed by atoms with Gasteiger partial charge in [-0.15, -0.1) is 0 Å². The fraction of sp³-hybridized carbons (Fsp3) is 0.250. The molecule has 0 amide bonds. The largest absolute Gasteiger partial charge is 0.515 e. The van der Waals surface area contributed by atoms with Crippen LogP contribution < -0.4 is 0 Å². The summed E-state index contributed by atoms with van der Waals surface area (Å²) in [5, 5.41) is 9.05. The summed E-state index contributed by atoms with van der Waals surface area (Å²) in [4.78, 5) is 11.5. The second-order valence-corrected chi connectivity index (χ2v) is 5.31. The van der Waals surface area contributed by atoms with Crippen molar-refractivity contribution in [2.45, 2.75) is 12.5 Å². The van der Waals surface area contributed by atoms with Gasteiger partial charge in [0.25, 0.3) is 0 Å². The smallest absolute Gasteiger partial charge is 0.338 e. The molecule has 4 heteroatoms. The van der Waals surface area contributed by atoms with E-state index in [0.717, 1.165) is 21.8 Å². The van der Waals surface area contributed by atoms with E-state index >= 15 is 0 Å². The first-order valence-corrected chi connectivity index (χ1v) is 6.12. The first-order chi connectivity index (χ1) is 7.70. The molecule has 2 unspecified atom stereocenters. The normalized spacial score (nSPS) is 29.1. The quantitative estimate of drug-likeness (QED) is 0.345. The van der Waals surface area contributed by atoms with E-state index in [1.807, 2.05) is 12.1 Å². The van der Waals surface area contributed by atoms with Crippen molar-refractivity contribution < 1.29 is 14.6 Å². The van der Waals surface area contributed by atoms with Crippen molar-refractivity contribution in [2.75, 3.05) is 0 Å². The lowest BCUT2D eigenvalue weighted by molar-refractivity contribution is -0.139. The predicted octanol–water partition coefficient (Wildman–Crippen LogP) is 2.50. The number of benzene rings is 1. The average molecular weight is 328 g/mol. The van der Waals surface area contributed by atoms with Crippen molar-refractivity contribution >= 4 is 28.6 Å². The molecule has 0 aromatic heterocycles. The van der Waals surface area contributed by atoms with Crippen LogP contribution in [0.1, 0.15) is 17.2 Å². The van der Waals surface area contributed by atoms with Gasteiger partial charge in [0.2, 0.25) is 0 Å². The van der Waals surface area contributed by atoms with Gasteiger partial charge in [0, 0.05) is 9.49 Å². The molecule has 0 radical (unpaired) electrons. The second-order valence-electron chi connectivity index (χ2n) is 4.06. The van der Waals surface area contributed by atoms with Gasteiger partial charge in [-0.1, -0.05) is 6.07 Å². The van der Waals surface area contributed by atoms with E-state index in [1.54, 1.807) is 0 Å². The van der Waals surface area contributed by atoms with Crippen molar-refractivity contribution in [1.82, 2.24) is 0 Å². The number of hydrogen-bond donors (Lipinski definition) is 1. The molecule has 0 bridgehead atoms. The monoisotopic (exact) mass is 328 g/mol. The summed E-state index contributed by atoms with van der Waals surface area (Å²) in [6.07, 6.45) is 1.47. The number of halogens is 1. The standard InChI is InChI=1S/C12H9IO3/c13-7-2-1-6-3-9-10(5-14)12(15)16-11(9)8(6)4-7/h1-2,4-5,9,11,14H,3H2/b10-5+. The first kappa shape index (κ1) is 10.1. The molecule has 1 aliphatic carbocycles. The van der Waals surface area contributed by atoms with Crippen LogP contribution in [0.5, 0.6) is 0 Å². The Labute approximate surface area is 106 Å².